The number of methoxy groups -OCH3 is 1. The van der Waals surface area contributed by atoms with E-state index >= 15 is 0 Å². The van der Waals surface area contributed by atoms with Gasteiger partial charge in [0, 0.05) is 42.0 Å². The number of hydrogen-bond acceptors (Lipinski definition) is 10. The van der Waals surface area contributed by atoms with E-state index in [1.807, 2.05) is 19.1 Å². The number of anilines is 2. The van der Waals surface area contributed by atoms with E-state index in [4.69, 9.17) is 14.1 Å². The van der Waals surface area contributed by atoms with Crippen molar-refractivity contribution in [3.8, 4) is 5.75 Å². The Morgan fingerprint density at radius 2 is 2.13 bits per heavy atom. The lowest BCUT2D eigenvalue weighted by Gasteiger charge is -2.19. The Hall–Kier alpha value is -3.06. The van der Waals surface area contributed by atoms with Crippen LogP contribution in [-0.2, 0) is 27.5 Å². The number of aryl methyl sites for hydroxylation is 1. The Morgan fingerprint density at radius 1 is 1.29 bits per heavy atom. The first-order valence-electron chi connectivity index (χ1n) is 12.5. The number of ether oxygens (including phenoxy) is 1. The molecule has 2 aliphatic rings. The molecule has 1 aliphatic carbocycles. The van der Waals surface area contributed by atoms with Gasteiger partial charge in [-0.2, -0.15) is 8.42 Å². The van der Waals surface area contributed by atoms with Crippen molar-refractivity contribution in [2.75, 3.05) is 30.5 Å². The second kappa shape index (κ2) is 11.0. The number of carbonyl (C=O) groups is 1. The molecule has 12 heteroatoms. The maximum atomic E-state index is 13.6. The van der Waals surface area contributed by atoms with E-state index in [1.54, 1.807) is 13.3 Å². The Bertz CT molecular complexity index is 1440. The molecular weight excluding hydrogens is 526 g/mol. The Morgan fingerprint density at radius 3 is 2.92 bits per heavy atom. The largest absolute Gasteiger partial charge is 0.497 e. The highest BCUT2D eigenvalue weighted by Gasteiger charge is 2.28. The SMILES string of the molecule is COc1ccc2c(c1)N(Cc1cc(C(=O)c3cncnc3N[C@H]3CC[C@@H](COS(N)(=O)=O)C3)sc1C)CC2. The molecule has 0 unspecified atom stereocenters. The van der Waals surface area contributed by atoms with Crippen molar-refractivity contribution in [1.82, 2.24) is 9.97 Å². The summed E-state index contributed by atoms with van der Waals surface area (Å²) in [4.78, 5) is 26.1. The van der Waals surface area contributed by atoms with Crippen LogP contribution in [0.1, 0.15) is 50.5 Å². The smallest absolute Gasteiger partial charge is 0.333 e. The summed E-state index contributed by atoms with van der Waals surface area (Å²) in [5.74, 6) is 1.26. The summed E-state index contributed by atoms with van der Waals surface area (Å²) in [5.41, 5.74) is 4.02. The Labute approximate surface area is 226 Å². The number of benzene rings is 1. The number of ketones is 1. The van der Waals surface area contributed by atoms with E-state index < -0.39 is 10.3 Å². The van der Waals surface area contributed by atoms with Crippen molar-refractivity contribution in [1.29, 1.82) is 0 Å². The first-order valence-corrected chi connectivity index (χ1v) is 14.8. The van der Waals surface area contributed by atoms with Gasteiger partial charge in [0.15, 0.2) is 0 Å². The normalized spacial score (nSPS) is 19.0. The number of fused-ring (bicyclic) bond motifs is 1. The second-order valence-corrected chi connectivity index (χ2v) is 12.2. The zero-order valence-corrected chi connectivity index (χ0v) is 23.0. The fraction of sp³-hybridized carbons (Fsp3) is 0.423. The van der Waals surface area contributed by atoms with Gasteiger partial charge in [0.1, 0.15) is 17.9 Å². The van der Waals surface area contributed by atoms with Crippen LogP contribution in [0.3, 0.4) is 0 Å². The van der Waals surface area contributed by atoms with Gasteiger partial charge in [-0.05, 0) is 61.8 Å². The summed E-state index contributed by atoms with van der Waals surface area (Å²) >= 11 is 1.48. The van der Waals surface area contributed by atoms with Gasteiger partial charge < -0.3 is 15.0 Å². The molecule has 0 bridgehead atoms. The summed E-state index contributed by atoms with van der Waals surface area (Å²) in [7, 11) is -2.28. The molecule has 0 saturated heterocycles. The van der Waals surface area contributed by atoms with E-state index in [0.29, 0.717) is 22.7 Å². The molecule has 1 aliphatic heterocycles. The van der Waals surface area contributed by atoms with Gasteiger partial charge in [0.05, 0.1) is 24.2 Å². The monoisotopic (exact) mass is 557 g/mol. The fourth-order valence-corrected chi connectivity index (χ4v) is 6.57. The van der Waals surface area contributed by atoms with Gasteiger partial charge in [0.2, 0.25) is 5.78 Å². The molecule has 1 aromatic carbocycles. The predicted molar refractivity (Wildman–Crippen MR) is 146 cm³/mol. The van der Waals surface area contributed by atoms with Crippen LogP contribution in [0.2, 0.25) is 0 Å². The number of carbonyl (C=O) groups excluding carboxylic acids is 1. The lowest BCUT2D eigenvalue weighted by atomic mass is 10.1. The molecule has 202 valence electrons. The zero-order valence-electron chi connectivity index (χ0n) is 21.3. The third kappa shape index (κ3) is 5.98. The van der Waals surface area contributed by atoms with E-state index in [-0.39, 0.29) is 24.3 Å². The van der Waals surface area contributed by atoms with Gasteiger partial charge in [-0.15, -0.1) is 11.3 Å². The van der Waals surface area contributed by atoms with Crippen LogP contribution >= 0.6 is 11.3 Å². The molecule has 0 amide bonds. The van der Waals surface area contributed by atoms with Crippen LogP contribution in [0, 0.1) is 12.8 Å². The third-order valence-corrected chi connectivity index (χ3v) is 8.75. The summed E-state index contributed by atoms with van der Waals surface area (Å²) in [5, 5.41) is 8.31. The minimum atomic E-state index is -3.96. The summed E-state index contributed by atoms with van der Waals surface area (Å²) in [6.45, 7) is 3.74. The lowest BCUT2D eigenvalue weighted by molar-refractivity contribution is 0.104. The molecule has 5 rings (SSSR count). The van der Waals surface area contributed by atoms with Crippen LogP contribution in [0.4, 0.5) is 11.5 Å². The predicted octanol–water partition coefficient (Wildman–Crippen LogP) is 3.45. The maximum absolute atomic E-state index is 13.6. The number of thiophene rings is 1. The number of nitrogens with two attached hydrogens (primary N) is 1. The Balaban J connectivity index is 1.28. The van der Waals surface area contributed by atoms with E-state index in [9.17, 15) is 13.2 Å². The van der Waals surface area contributed by atoms with Crippen molar-refractivity contribution in [3.05, 3.63) is 63.2 Å². The van der Waals surface area contributed by atoms with E-state index in [2.05, 4.69) is 32.3 Å². The highest BCUT2D eigenvalue weighted by molar-refractivity contribution is 7.84. The van der Waals surface area contributed by atoms with Crippen molar-refractivity contribution in [3.63, 3.8) is 0 Å². The Kier molecular flexibility index (Phi) is 7.66. The van der Waals surface area contributed by atoms with E-state index in [1.165, 1.54) is 28.9 Å². The topological polar surface area (TPSA) is 137 Å². The molecular formula is C26H31N5O5S2. The number of rotatable bonds is 10. The first kappa shape index (κ1) is 26.5. The van der Waals surface area contributed by atoms with Gasteiger partial charge in [-0.25, -0.2) is 15.1 Å². The lowest BCUT2D eigenvalue weighted by Crippen LogP contribution is -2.22. The molecule has 10 nitrogen and oxygen atoms in total. The molecule has 3 aromatic rings. The molecule has 38 heavy (non-hydrogen) atoms. The maximum Gasteiger partial charge on any atom is 0.333 e. The van der Waals surface area contributed by atoms with Gasteiger partial charge in [-0.3, -0.25) is 8.98 Å². The quantitative estimate of drug-likeness (QED) is 0.359. The minimum absolute atomic E-state index is 0.0402. The average Bonchev–Trinajstić information content (AvgIpc) is 3.61. The van der Waals surface area contributed by atoms with Gasteiger partial charge in [-0.1, -0.05) is 6.07 Å². The standard InChI is InChI=1S/C26H31N5O5S2/c1-16-19(13-31-8-7-18-4-6-21(35-2)11-23(18)31)10-24(37-16)25(32)22-12-28-15-29-26(22)30-20-5-3-17(9-20)14-36-38(27,33)34/h4,6,10-12,15,17,20H,3,5,7-9,13-14H2,1-2H3,(H2,27,33,34)(H,28,29,30)/t17-,20+/m1/s1. The highest BCUT2D eigenvalue weighted by atomic mass is 32.2. The van der Waals surface area contributed by atoms with E-state index in [0.717, 1.165) is 48.5 Å². The molecule has 0 spiro atoms. The second-order valence-electron chi connectivity index (χ2n) is 9.77. The van der Waals surface area contributed by atoms with Gasteiger partial charge in [0.25, 0.3) is 0 Å². The minimum Gasteiger partial charge on any atom is -0.497 e. The molecule has 0 radical (unpaired) electrons. The number of hydrogen-bond donors (Lipinski definition) is 2. The molecule has 2 aromatic heterocycles. The van der Waals surface area contributed by atoms with Crippen LogP contribution < -0.4 is 20.1 Å². The molecule has 3 N–H and O–H groups in total. The van der Waals surface area contributed by atoms with Crippen LogP contribution in [-0.4, -0.2) is 50.5 Å². The molecule has 1 fully saturated rings. The van der Waals surface area contributed by atoms with Crippen molar-refractivity contribution in [2.45, 2.75) is 45.2 Å². The average molecular weight is 558 g/mol. The van der Waals surface area contributed by atoms with Crippen molar-refractivity contribution >= 4 is 38.9 Å². The molecule has 3 heterocycles. The number of aromatic nitrogens is 2. The molecule has 1 saturated carbocycles. The highest BCUT2D eigenvalue weighted by Crippen LogP contribution is 2.35. The van der Waals surface area contributed by atoms with Crippen LogP contribution in [0.15, 0.2) is 36.8 Å². The molecule has 2 atom stereocenters. The zero-order chi connectivity index (χ0) is 26.9. The summed E-state index contributed by atoms with van der Waals surface area (Å²) < 4.78 is 32.4. The first-order chi connectivity index (χ1) is 18.2. The summed E-state index contributed by atoms with van der Waals surface area (Å²) in [6.07, 6.45) is 6.24. The number of nitrogens with zero attached hydrogens (tertiary/aromatic N) is 3. The van der Waals surface area contributed by atoms with Crippen molar-refractivity contribution in [2.24, 2.45) is 11.1 Å². The third-order valence-electron chi connectivity index (χ3n) is 7.20. The summed E-state index contributed by atoms with van der Waals surface area (Å²) in [6, 6.07) is 8.20. The van der Waals surface area contributed by atoms with Crippen molar-refractivity contribution < 1.29 is 22.1 Å². The van der Waals surface area contributed by atoms with Gasteiger partial charge >= 0.3 is 10.3 Å². The van der Waals surface area contributed by atoms with Crippen LogP contribution in [0.5, 0.6) is 5.75 Å². The van der Waals surface area contributed by atoms with Crippen LogP contribution in [0.25, 0.3) is 0 Å². The number of nitrogens with one attached hydrogen (secondary N) is 1. The fourth-order valence-electron chi connectivity index (χ4n) is 5.20.